The Morgan fingerprint density at radius 1 is 1.31 bits per heavy atom. The number of methoxy groups -OCH3 is 2. The standard InChI is InChI=1S/C9H11NO2S/c1-11-8-5-3-4-7(10-6-13)9(8)12-2/h3-6H,1-2H3,(H,10,13). The molecule has 0 radical (unpaired) electrons. The molecule has 1 rings (SSSR count). The minimum absolute atomic E-state index is 0.658. The van der Waals surface area contributed by atoms with Gasteiger partial charge in [-0.25, -0.2) is 0 Å². The molecule has 4 heteroatoms. The van der Waals surface area contributed by atoms with Crippen molar-refractivity contribution in [1.82, 2.24) is 0 Å². The second-order valence-electron chi connectivity index (χ2n) is 2.30. The van der Waals surface area contributed by atoms with E-state index in [2.05, 4.69) is 17.5 Å². The number of hydrogen-bond donors (Lipinski definition) is 1. The number of ether oxygens (including phenoxy) is 2. The molecule has 0 fully saturated rings. The number of nitrogens with one attached hydrogen (secondary N) is 1. The monoisotopic (exact) mass is 197 g/mol. The second kappa shape index (κ2) is 4.67. The molecule has 0 spiro atoms. The summed E-state index contributed by atoms with van der Waals surface area (Å²) in [5.41, 5.74) is 2.23. The summed E-state index contributed by atoms with van der Waals surface area (Å²) in [5.74, 6) is 1.34. The van der Waals surface area contributed by atoms with E-state index in [9.17, 15) is 0 Å². The third-order valence-corrected chi connectivity index (χ3v) is 1.74. The van der Waals surface area contributed by atoms with Crippen LogP contribution in [0.2, 0.25) is 0 Å². The summed E-state index contributed by atoms with van der Waals surface area (Å²) in [4.78, 5) is 0. The number of thiocarbonyl (C=S) groups is 1. The summed E-state index contributed by atoms with van der Waals surface area (Å²) in [6.07, 6.45) is 0. The van der Waals surface area contributed by atoms with Crippen molar-refractivity contribution in [2.45, 2.75) is 0 Å². The number of rotatable bonds is 4. The van der Waals surface area contributed by atoms with E-state index >= 15 is 0 Å². The maximum absolute atomic E-state index is 5.17. The molecule has 1 aromatic carbocycles. The number of benzene rings is 1. The van der Waals surface area contributed by atoms with Crippen LogP contribution in [0.25, 0.3) is 0 Å². The van der Waals surface area contributed by atoms with Crippen molar-refractivity contribution in [2.24, 2.45) is 0 Å². The lowest BCUT2D eigenvalue weighted by molar-refractivity contribution is 0.356. The number of anilines is 1. The van der Waals surface area contributed by atoms with Crippen molar-refractivity contribution in [1.29, 1.82) is 0 Å². The van der Waals surface area contributed by atoms with E-state index in [4.69, 9.17) is 9.47 Å². The van der Waals surface area contributed by atoms with Gasteiger partial charge in [0.2, 0.25) is 0 Å². The number of hydrogen-bond acceptors (Lipinski definition) is 3. The zero-order chi connectivity index (χ0) is 9.68. The van der Waals surface area contributed by atoms with Crippen LogP contribution < -0.4 is 14.8 Å². The van der Waals surface area contributed by atoms with Crippen LogP contribution in [0.4, 0.5) is 5.69 Å². The Bertz CT molecular complexity index is 302. The second-order valence-corrected chi connectivity index (χ2v) is 2.54. The van der Waals surface area contributed by atoms with Gasteiger partial charge < -0.3 is 14.8 Å². The van der Waals surface area contributed by atoms with E-state index in [0.717, 1.165) is 5.69 Å². The highest BCUT2D eigenvalue weighted by Gasteiger charge is 2.07. The molecule has 70 valence electrons. The predicted molar refractivity (Wildman–Crippen MR) is 56.8 cm³/mol. The van der Waals surface area contributed by atoms with Crippen LogP contribution in [-0.4, -0.2) is 19.7 Å². The van der Waals surface area contributed by atoms with Crippen LogP contribution in [0, 0.1) is 0 Å². The first kappa shape index (κ1) is 9.80. The van der Waals surface area contributed by atoms with Crippen molar-refractivity contribution in [3.8, 4) is 11.5 Å². The smallest absolute Gasteiger partial charge is 0.184 e. The first-order valence-corrected chi connectivity index (χ1v) is 4.21. The lowest BCUT2D eigenvalue weighted by Crippen LogP contribution is -1.98. The van der Waals surface area contributed by atoms with E-state index in [0.29, 0.717) is 11.5 Å². The molecule has 0 heterocycles. The van der Waals surface area contributed by atoms with Gasteiger partial charge in [-0.15, -0.1) is 0 Å². The average Bonchev–Trinajstić information content (AvgIpc) is 2.18. The van der Waals surface area contributed by atoms with Gasteiger partial charge in [-0.05, 0) is 12.1 Å². The zero-order valence-electron chi connectivity index (χ0n) is 7.53. The molecule has 0 amide bonds. The molecule has 0 saturated carbocycles. The Morgan fingerprint density at radius 3 is 2.62 bits per heavy atom. The van der Waals surface area contributed by atoms with Crippen LogP contribution in [0.5, 0.6) is 11.5 Å². The van der Waals surface area contributed by atoms with Gasteiger partial charge in [0.15, 0.2) is 11.5 Å². The van der Waals surface area contributed by atoms with Crippen LogP contribution in [0.1, 0.15) is 0 Å². The lowest BCUT2D eigenvalue weighted by Gasteiger charge is -2.11. The Balaban J connectivity index is 3.10. The Morgan fingerprint density at radius 2 is 2.08 bits per heavy atom. The van der Waals surface area contributed by atoms with Gasteiger partial charge in [0, 0.05) is 0 Å². The minimum Gasteiger partial charge on any atom is -0.493 e. The van der Waals surface area contributed by atoms with E-state index in [1.165, 1.54) is 5.49 Å². The average molecular weight is 197 g/mol. The molecule has 0 aliphatic rings. The minimum atomic E-state index is 0.658. The fourth-order valence-electron chi connectivity index (χ4n) is 1.06. The highest BCUT2D eigenvalue weighted by Crippen LogP contribution is 2.34. The van der Waals surface area contributed by atoms with Crippen LogP contribution >= 0.6 is 12.2 Å². The molecule has 0 aliphatic heterocycles. The highest BCUT2D eigenvalue weighted by atomic mass is 32.1. The maximum Gasteiger partial charge on any atom is 0.184 e. The van der Waals surface area contributed by atoms with Crippen molar-refractivity contribution >= 4 is 23.4 Å². The summed E-state index contributed by atoms with van der Waals surface area (Å²) in [7, 11) is 3.19. The summed E-state index contributed by atoms with van der Waals surface area (Å²) < 4.78 is 10.3. The molecule has 1 aromatic rings. The topological polar surface area (TPSA) is 30.5 Å². The maximum atomic E-state index is 5.17. The summed E-state index contributed by atoms with van der Waals surface area (Å²) in [5, 5.41) is 2.89. The molecule has 0 bridgehead atoms. The van der Waals surface area contributed by atoms with E-state index in [1.54, 1.807) is 14.2 Å². The van der Waals surface area contributed by atoms with Gasteiger partial charge in [0.25, 0.3) is 0 Å². The first-order chi connectivity index (χ1) is 6.33. The predicted octanol–water partition coefficient (Wildman–Crippen LogP) is 2.07. The molecule has 0 atom stereocenters. The molecule has 1 N–H and O–H groups in total. The van der Waals surface area contributed by atoms with Crippen molar-refractivity contribution in [3.05, 3.63) is 18.2 Å². The van der Waals surface area contributed by atoms with Gasteiger partial charge in [-0.1, -0.05) is 18.3 Å². The van der Waals surface area contributed by atoms with Gasteiger partial charge >= 0.3 is 0 Å². The van der Waals surface area contributed by atoms with Crippen LogP contribution in [-0.2, 0) is 0 Å². The molecule has 0 unspecified atom stereocenters. The molecule has 0 saturated heterocycles. The summed E-state index contributed by atoms with van der Waals surface area (Å²) in [6, 6.07) is 5.56. The molecular formula is C9H11NO2S. The molecule has 3 nitrogen and oxygen atoms in total. The molecular weight excluding hydrogens is 186 g/mol. The third kappa shape index (κ3) is 2.09. The third-order valence-electron chi connectivity index (χ3n) is 1.62. The normalized spacial score (nSPS) is 9.08. The Hall–Kier alpha value is -1.29. The van der Waals surface area contributed by atoms with Gasteiger partial charge in [0.1, 0.15) is 0 Å². The van der Waals surface area contributed by atoms with E-state index in [-0.39, 0.29) is 0 Å². The summed E-state index contributed by atoms with van der Waals surface area (Å²) in [6.45, 7) is 0. The largest absolute Gasteiger partial charge is 0.493 e. The van der Waals surface area contributed by atoms with Crippen molar-refractivity contribution in [3.63, 3.8) is 0 Å². The van der Waals surface area contributed by atoms with Crippen molar-refractivity contribution in [2.75, 3.05) is 19.5 Å². The lowest BCUT2D eigenvalue weighted by atomic mass is 10.2. The Kier molecular flexibility index (Phi) is 3.52. The number of para-hydroxylation sites is 1. The fourth-order valence-corrected chi connectivity index (χ4v) is 1.19. The SMILES string of the molecule is COc1cccc(NC=S)c1OC. The van der Waals surface area contributed by atoms with Gasteiger partial charge in [-0.3, -0.25) is 0 Å². The van der Waals surface area contributed by atoms with E-state index in [1.807, 2.05) is 18.2 Å². The van der Waals surface area contributed by atoms with Crippen LogP contribution in [0.3, 0.4) is 0 Å². The molecule has 0 aromatic heterocycles. The quantitative estimate of drug-likeness (QED) is 0.748. The first-order valence-electron chi connectivity index (χ1n) is 3.74. The van der Waals surface area contributed by atoms with Crippen LogP contribution in [0.15, 0.2) is 18.2 Å². The zero-order valence-corrected chi connectivity index (χ0v) is 8.35. The van der Waals surface area contributed by atoms with Gasteiger partial charge in [0.05, 0.1) is 25.4 Å². The highest BCUT2D eigenvalue weighted by molar-refractivity contribution is 7.79. The van der Waals surface area contributed by atoms with Crippen molar-refractivity contribution < 1.29 is 9.47 Å². The molecule has 0 aliphatic carbocycles. The Labute approximate surface area is 82.7 Å². The summed E-state index contributed by atoms with van der Waals surface area (Å²) >= 11 is 4.69. The van der Waals surface area contributed by atoms with E-state index < -0.39 is 0 Å². The molecule has 13 heavy (non-hydrogen) atoms. The van der Waals surface area contributed by atoms with Gasteiger partial charge in [-0.2, -0.15) is 0 Å². The fraction of sp³-hybridized carbons (Fsp3) is 0.222.